The van der Waals surface area contributed by atoms with Crippen molar-refractivity contribution in [2.24, 2.45) is 40.4 Å². The summed E-state index contributed by atoms with van der Waals surface area (Å²) in [6, 6.07) is 0. The van der Waals surface area contributed by atoms with Crippen LogP contribution in [0.25, 0.3) is 0 Å². The van der Waals surface area contributed by atoms with Gasteiger partial charge in [0.15, 0.2) is 5.60 Å². The number of rotatable bonds is 4. The van der Waals surface area contributed by atoms with E-state index in [9.17, 15) is 23.1 Å². The Balaban J connectivity index is 1.49. The summed E-state index contributed by atoms with van der Waals surface area (Å²) >= 11 is 0. The van der Waals surface area contributed by atoms with Crippen molar-refractivity contribution in [3.05, 3.63) is 11.6 Å². The van der Waals surface area contributed by atoms with Gasteiger partial charge in [0, 0.05) is 12.8 Å². The first kappa shape index (κ1) is 23.3. The molecule has 0 aromatic heterocycles. The van der Waals surface area contributed by atoms with Crippen molar-refractivity contribution in [3.63, 3.8) is 0 Å². The first-order valence-electron chi connectivity index (χ1n) is 12.3. The van der Waals surface area contributed by atoms with E-state index in [1.165, 1.54) is 18.4 Å². The van der Waals surface area contributed by atoms with Crippen molar-refractivity contribution in [2.45, 2.75) is 104 Å². The molecule has 0 amide bonds. The molecule has 4 aliphatic carbocycles. The highest BCUT2D eigenvalue weighted by Crippen LogP contribution is 2.67. The zero-order valence-corrected chi connectivity index (χ0v) is 19.5. The fourth-order valence-corrected chi connectivity index (χ4v) is 8.30. The molecule has 0 aliphatic heterocycles. The molecule has 2 nitrogen and oxygen atoms in total. The summed E-state index contributed by atoms with van der Waals surface area (Å²) < 4.78 is 39.3. The van der Waals surface area contributed by atoms with E-state index in [2.05, 4.69) is 26.8 Å². The summed E-state index contributed by atoms with van der Waals surface area (Å²) in [5, 5.41) is 9.90. The molecular weight excluding hydrogens is 401 g/mol. The number of hydrogen-bond acceptors (Lipinski definition) is 2. The molecule has 4 rings (SSSR count). The Kier molecular flexibility index (Phi) is 5.72. The van der Waals surface area contributed by atoms with Gasteiger partial charge in [-0.2, -0.15) is 13.2 Å². The lowest BCUT2D eigenvalue weighted by Crippen LogP contribution is -2.50. The van der Waals surface area contributed by atoms with E-state index >= 15 is 0 Å². The van der Waals surface area contributed by atoms with Gasteiger partial charge in [-0.3, -0.25) is 4.79 Å². The molecule has 4 aliphatic rings. The molecule has 1 N–H and O–H groups in total. The number of halogens is 3. The maximum absolute atomic E-state index is 13.1. The molecule has 0 spiro atoms. The van der Waals surface area contributed by atoms with Gasteiger partial charge in [-0.1, -0.05) is 32.4 Å². The van der Waals surface area contributed by atoms with E-state index in [1.807, 2.05) is 0 Å². The van der Waals surface area contributed by atoms with E-state index in [0.29, 0.717) is 48.7 Å². The molecule has 3 saturated carbocycles. The second-order valence-electron chi connectivity index (χ2n) is 12.0. The number of aliphatic hydroxyl groups is 1. The number of carbonyl (C=O) groups is 1. The normalized spacial score (nSPS) is 43.4. The number of Topliss-reactive ketones (excluding diaryl/α,β-unsaturated/α-hetero) is 1. The first-order chi connectivity index (χ1) is 14.3. The van der Waals surface area contributed by atoms with Crippen molar-refractivity contribution < 1.29 is 23.1 Å². The van der Waals surface area contributed by atoms with Gasteiger partial charge in [-0.25, -0.2) is 0 Å². The van der Waals surface area contributed by atoms with Gasteiger partial charge in [0.05, 0.1) is 0 Å². The van der Waals surface area contributed by atoms with Gasteiger partial charge >= 0.3 is 6.18 Å². The average molecular weight is 441 g/mol. The summed E-state index contributed by atoms with van der Waals surface area (Å²) in [6.45, 7) is 7.80. The minimum Gasteiger partial charge on any atom is -0.381 e. The third-order valence-corrected chi connectivity index (χ3v) is 10.4. The Labute approximate surface area is 185 Å². The van der Waals surface area contributed by atoms with E-state index < -0.39 is 11.8 Å². The molecule has 0 heterocycles. The highest BCUT2D eigenvalue weighted by atomic mass is 19.4. The van der Waals surface area contributed by atoms with Crippen LogP contribution in [-0.4, -0.2) is 22.7 Å². The summed E-state index contributed by atoms with van der Waals surface area (Å²) in [4.78, 5) is 12.0. The van der Waals surface area contributed by atoms with Gasteiger partial charge in [-0.05, 0) is 98.7 Å². The van der Waals surface area contributed by atoms with Gasteiger partial charge in [0.25, 0.3) is 0 Å². The lowest BCUT2D eigenvalue weighted by molar-refractivity contribution is -0.256. The van der Waals surface area contributed by atoms with Crippen LogP contribution in [0.1, 0.15) is 91.9 Å². The fraction of sp³-hybridized carbons (Fsp3) is 0.885. The minimum absolute atomic E-state index is 0.160. The Hall–Kier alpha value is -0.840. The molecule has 5 heteroatoms. The Morgan fingerprint density at radius 2 is 1.87 bits per heavy atom. The number of fused-ring (bicyclic) bond motifs is 5. The quantitative estimate of drug-likeness (QED) is 0.485. The topological polar surface area (TPSA) is 37.3 Å². The smallest absolute Gasteiger partial charge is 0.381 e. The van der Waals surface area contributed by atoms with Crippen molar-refractivity contribution >= 4 is 5.78 Å². The van der Waals surface area contributed by atoms with E-state index in [-0.39, 0.29) is 23.2 Å². The summed E-state index contributed by atoms with van der Waals surface area (Å²) in [7, 11) is 0. The predicted molar refractivity (Wildman–Crippen MR) is 115 cm³/mol. The second-order valence-corrected chi connectivity index (χ2v) is 12.0. The van der Waals surface area contributed by atoms with Gasteiger partial charge in [-0.15, -0.1) is 0 Å². The Morgan fingerprint density at radius 1 is 1.16 bits per heavy atom. The van der Waals surface area contributed by atoms with Crippen molar-refractivity contribution in [1.82, 2.24) is 0 Å². The molecule has 8 atom stereocenters. The molecule has 176 valence electrons. The molecule has 0 saturated heterocycles. The number of hydrogen-bond donors (Lipinski definition) is 1. The van der Waals surface area contributed by atoms with Crippen LogP contribution in [0.4, 0.5) is 13.2 Å². The maximum atomic E-state index is 13.1. The lowest BCUT2D eigenvalue weighted by Gasteiger charge is -2.58. The Morgan fingerprint density at radius 3 is 2.55 bits per heavy atom. The molecular formula is C26H39F3O2. The molecule has 0 aromatic carbocycles. The van der Waals surface area contributed by atoms with Crippen LogP contribution in [0, 0.1) is 40.4 Å². The van der Waals surface area contributed by atoms with Gasteiger partial charge in [0.2, 0.25) is 0 Å². The minimum atomic E-state index is -4.57. The summed E-state index contributed by atoms with van der Waals surface area (Å²) in [5.41, 5.74) is -0.884. The standard InChI is InChI=1S/C26H39F3O2/c1-16(9-14-25(4,31)26(27,28)29)20-7-8-21-19-6-5-17-15-18(30)10-12-23(17,2)22(19)11-13-24(20,21)3/h5,16,19-22,31H,6-15H2,1-4H3/t16-,19+,20-,21+,22+,23+,24-,25+/m1/s1. The highest BCUT2D eigenvalue weighted by Gasteiger charge is 2.59. The largest absolute Gasteiger partial charge is 0.416 e. The van der Waals surface area contributed by atoms with Crippen LogP contribution in [0.3, 0.4) is 0 Å². The Bertz CT molecular complexity index is 754. The molecule has 0 aromatic rings. The molecule has 0 bridgehead atoms. The van der Waals surface area contributed by atoms with Crippen LogP contribution in [0.15, 0.2) is 11.6 Å². The average Bonchev–Trinajstić information content (AvgIpc) is 3.03. The summed E-state index contributed by atoms with van der Waals surface area (Å²) in [5.74, 6) is 2.88. The third-order valence-electron chi connectivity index (χ3n) is 10.4. The first-order valence-corrected chi connectivity index (χ1v) is 12.3. The van der Waals surface area contributed by atoms with E-state index in [0.717, 1.165) is 32.6 Å². The number of carbonyl (C=O) groups excluding carboxylic acids is 1. The van der Waals surface area contributed by atoms with E-state index in [1.54, 1.807) is 0 Å². The van der Waals surface area contributed by atoms with Crippen LogP contribution in [-0.2, 0) is 4.79 Å². The van der Waals surface area contributed by atoms with Gasteiger partial charge in [0.1, 0.15) is 5.78 Å². The maximum Gasteiger partial charge on any atom is 0.416 e. The predicted octanol–water partition coefficient (Wildman–Crippen LogP) is 6.86. The zero-order valence-electron chi connectivity index (χ0n) is 19.5. The fourth-order valence-electron chi connectivity index (χ4n) is 8.30. The summed E-state index contributed by atoms with van der Waals surface area (Å²) in [6.07, 6.45) is 5.95. The SMILES string of the molecule is C[C@H](CC[C@](C)(O)C(F)(F)F)[C@H]1CC[C@H]2[C@@H]3CC=C4CC(=O)CC[C@]4(C)[C@H]3CC[C@]12C. The number of allylic oxidation sites excluding steroid dienone is 2. The molecule has 31 heavy (non-hydrogen) atoms. The monoisotopic (exact) mass is 440 g/mol. The highest BCUT2D eigenvalue weighted by molar-refractivity contribution is 5.82. The van der Waals surface area contributed by atoms with Crippen LogP contribution < -0.4 is 0 Å². The van der Waals surface area contributed by atoms with Crippen molar-refractivity contribution in [1.29, 1.82) is 0 Å². The van der Waals surface area contributed by atoms with Crippen LogP contribution >= 0.6 is 0 Å². The van der Waals surface area contributed by atoms with E-state index in [4.69, 9.17) is 0 Å². The number of alkyl halides is 3. The zero-order chi connectivity index (χ0) is 22.8. The molecule has 0 radical (unpaired) electrons. The second kappa shape index (κ2) is 7.60. The van der Waals surface area contributed by atoms with Crippen molar-refractivity contribution in [3.8, 4) is 0 Å². The van der Waals surface area contributed by atoms with Crippen molar-refractivity contribution in [2.75, 3.05) is 0 Å². The lowest BCUT2D eigenvalue weighted by atomic mass is 9.47. The third kappa shape index (κ3) is 3.71. The number of ketones is 1. The van der Waals surface area contributed by atoms with Crippen LogP contribution in [0.2, 0.25) is 0 Å². The van der Waals surface area contributed by atoms with Gasteiger partial charge < -0.3 is 5.11 Å². The molecule has 3 fully saturated rings. The van der Waals surface area contributed by atoms with Crippen LogP contribution in [0.5, 0.6) is 0 Å². The molecule has 0 unspecified atom stereocenters.